The minimum Gasteiger partial charge on any atom is -0.493 e. The van der Waals surface area contributed by atoms with E-state index in [0.29, 0.717) is 23.6 Å². The van der Waals surface area contributed by atoms with Gasteiger partial charge in [-0.25, -0.2) is 4.79 Å². The molecule has 2 aromatic heterocycles. The molecule has 44 heavy (non-hydrogen) atoms. The normalized spacial score (nSPS) is 17.2. The summed E-state index contributed by atoms with van der Waals surface area (Å²) in [5.74, 6) is 2.03. The van der Waals surface area contributed by atoms with Crippen LogP contribution >= 0.6 is 0 Å². The summed E-state index contributed by atoms with van der Waals surface area (Å²) in [5.41, 5.74) is 1.49. The maximum Gasteiger partial charge on any atom is 0.410 e. The van der Waals surface area contributed by atoms with Crippen LogP contribution in [0.4, 0.5) is 4.79 Å². The van der Waals surface area contributed by atoms with Gasteiger partial charge in [0.2, 0.25) is 0 Å². The van der Waals surface area contributed by atoms with Crippen LogP contribution in [-0.2, 0) is 11.3 Å². The van der Waals surface area contributed by atoms with Gasteiger partial charge in [0.25, 0.3) is 5.56 Å². The molecule has 3 aromatic rings. The summed E-state index contributed by atoms with van der Waals surface area (Å²) in [6.07, 6.45) is 11.2. The predicted octanol–water partition coefficient (Wildman–Crippen LogP) is 6.36. The Morgan fingerprint density at radius 2 is 1.75 bits per heavy atom. The Morgan fingerprint density at radius 3 is 2.43 bits per heavy atom. The summed E-state index contributed by atoms with van der Waals surface area (Å²) < 4.78 is 19.6. The number of hydrogen-bond donors (Lipinski definition) is 0. The second kappa shape index (κ2) is 14.0. The molecular formula is C35H48N4O5. The van der Waals surface area contributed by atoms with E-state index in [0.717, 1.165) is 93.5 Å². The fourth-order valence-corrected chi connectivity index (χ4v) is 6.27. The summed E-state index contributed by atoms with van der Waals surface area (Å²) in [4.78, 5) is 34.1. The number of amides is 1. The third kappa shape index (κ3) is 7.73. The SMILES string of the molecule is CCCCn1cc(-c2ccc(OC3CCN(CC4CCN(C(=O)OC(C)(C)C)CC4)CC3)c(OC)c2)c2ccncc2c1=O. The van der Waals surface area contributed by atoms with Gasteiger partial charge in [0.05, 0.1) is 12.5 Å². The van der Waals surface area contributed by atoms with Crippen LogP contribution in [0, 0.1) is 5.92 Å². The van der Waals surface area contributed by atoms with Gasteiger partial charge in [-0.05, 0) is 87.9 Å². The number of unbranched alkanes of at least 4 members (excludes halogenated alkanes) is 1. The molecule has 5 rings (SSSR count). The Bertz CT molecular complexity index is 1480. The lowest BCUT2D eigenvalue weighted by Gasteiger charge is -2.38. The molecule has 0 unspecified atom stereocenters. The number of piperidine rings is 2. The van der Waals surface area contributed by atoms with Gasteiger partial charge in [-0.1, -0.05) is 19.4 Å². The topological polar surface area (TPSA) is 86.1 Å². The maximum atomic E-state index is 13.1. The van der Waals surface area contributed by atoms with E-state index in [1.807, 2.05) is 50.1 Å². The highest BCUT2D eigenvalue weighted by molar-refractivity contribution is 5.95. The first kappa shape index (κ1) is 31.8. The molecule has 2 fully saturated rings. The largest absolute Gasteiger partial charge is 0.493 e. The molecule has 0 bridgehead atoms. The number of fused-ring (bicyclic) bond motifs is 1. The molecule has 0 aliphatic carbocycles. The third-order valence-electron chi connectivity index (χ3n) is 8.73. The molecule has 1 aromatic carbocycles. The Balaban J connectivity index is 1.18. The van der Waals surface area contributed by atoms with Crippen LogP contribution in [-0.4, -0.2) is 77.0 Å². The van der Waals surface area contributed by atoms with Crippen LogP contribution in [0.5, 0.6) is 11.5 Å². The van der Waals surface area contributed by atoms with Gasteiger partial charge in [0, 0.05) is 63.4 Å². The number of aromatic nitrogens is 2. The van der Waals surface area contributed by atoms with E-state index in [1.165, 1.54) is 0 Å². The number of carbonyl (C=O) groups excluding carboxylic acids is 1. The van der Waals surface area contributed by atoms with Gasteiger partial charge in [0.15, 0.2) is 11.5 Å². The summed E-state index contributed by atoms with van der Waals surface area (Å²) >= 11 is 0. The summed E-state index contributed by atoms with van der Waals surface area (Å²) in [6.45, 7) is 13.1. The van der Waals surface area contributed by atoms with E-state index in [-0.39, 0.29) is 17.8 Å². The Morgan fingerprint density at radius 1 is 1.00 bits per heavy atom. The number of rotatable bonds is 9. The van der Waals surface area contributed by atoms with Crippen molar-refractivity contribution < 1.29 is 19.0 Å². The number of carbonyl (C=O) groups is 1. The van der Waals surface area contributed by atoms with E-state index in [2.05, 4.69) is 22.9 Å². The fourth-order valence-electron chi connectivity index (χ4n) is 6.27. The molecule has 238 valence electrons. The van der Waals surface area contributed by atoms with Crippen LogP contribution in [0.2, 0.25) is 0 Å². The summed E-state index contributed by atoms with van der Waals surface area (Å²) in [7, 11) is 1.67. The van der Waals surface area contributed by atoms with E-state index in [9.17, 15) is 9.59 Å². The minimum atomic E-state index is -0.457. The summed E-state index contributed by atoms with van der Waals surface area (Å²) in [5, 5.41) is 1.51. The van der Waals surface area contributed by atoms with E-state index >= 15 is 0 Å². The number of benzene rings is 1. The first-order chi connectivity index (χ1) is 21.1. The van der Waals surface area contributed by atoms with Gasteiger partial charge in [-0.2, -0.15) is 0 Å². The first-order valence-corrected chi connectivity index (χ1v) is 16.2. The summed E-state index contributed by atoms with van der Waals surface area (Å²) in [6, 6.07) is 7.97. The predicted molar refractivity (Wildman–Crippen MR) is 174 cm³/mol. The molecular weight excluding hydrogens is 556 g/mol. The molecule has 2 aliphatic rings. The highest BCUT2D eigenvalue weighted by Crippen LogP contribution is 2.36. The highest BCUT2D eigenvalue weighted by Gasteiger charge is 2.29. The zero-order chi connectivity index (χ0) is 31.3. The van der Waals surface area contributed by atoms with Crippen LogP contribution in [0.1, 0.15) is 66.2 Å². The smallest absolute Gasteiger partial charge is 0.410 e. The quantitative estimate of drug-likeness (QED) is 0.281. The van der Waals surface area contributed by atoms with Gasteiger partial charge < -0.3 is 28.6 Å². The van der Waals surface area contributed by atoms with Gasteiger partial charge in [-0.15, -0.1) is 0 Å². The van der Waals surface area contributed by atoms with E-state index in [1.54, 1.807) is 24.1 Å². The highest BCUT2D eigenvalue weighted by atomic mass is 16.6. The molecule has 0 radical (unpaired) electrons. The van der Waals surface area contributed by atoms with Gasteiger partial charge in [0.1, 0.15) is 11.7 Å². The second-order valence-electron chi connectivity index (χ2n) is 13.2. The zero-order valence-electron chi connectivity index (χ0n) is 27.0. The van der Waals surface area contributed by atoms with Crippen molar-refractivity contribution in [1.82, 2.24) is 19.4 Å². The van der Waals surface area contributed by atoms with Crippen LogP contribution in [0.3, 0.4) is 0 Å². The van der Waals surface area contributed by atoms with Crippen molar-refractivity contribution in [3.05, 3.63) is 53.2 Å². The molecule has 1 amide bonds. The van der Waals surface area contributed by atoms with Crippen LogP contribution in [0.25, 0.3) is 21.9 Å². The number of ether oxygens (including phenoxy) is 3. The molecule has 4 heterocycles. The van der Waals surface area contributed by atoms with Crippen molar-refractivity contribution >= 4 is 16.9 Å². The average molecular weight is 605 g/mol. The van der Waals surface area contributed by atoms with Crippen LogP contribution in [0.15, 0.2) is 47.7 Å². The molecule has 0 atom stereocenters. The van der Waals surface area contributed by atoms with E-state index < -0.39 is 5.60 Å². The average Bonchev–Trinajstić information content (AvgIpc) is 3.01. The molecule has 0 saturated carbocycles. The number of aryl methyl sites for hydroxylation is 1. The second-order valence-corrected chi connectivity index (χ2v) is 13.2. The number of nitrogens with zero attached hydrogens (tertiary/aromatic N) is 4. The lowest BCUT2D eigenvalue weighted by atomic mass is 9.95. The maximum absolute atomic E-state index is 13.1. The van der Waals surface area contributed by atoms with Gasteiger partial charge in [-0.3, -0.25) is 9.78 Å². The third-order valence-corrected chi connectivity index (χ3v) is 8.73. The van der Waals surface area contributed by atoms with Gasteiger partial charge >= 0.3 is 6.09 Å². The van der Waals surface area contributed by atoms with Crippen molar-refractivity contribution in [3.63, 3.8) is 0 Å². The molecule has 9 heteroatoms. The number of pyridine rings is 2. The Kier molecular flexibility index (Phi) is 10.1. The molecule has 2 saturated heterocycles. The molecule has 0 N–H and O–H groups in total. The van der Waals surface area contributed by atoms with E-state index in [4.69, 9.17) is 14.2 Å². The monoisotopic (exact) mass is 604 g/mol. The first-order valence-electron chi connectivity index (χ1n) is 16.2. The Labute approximate surface area is 261 Å². The number of methoxy groups -OCH3 is 1. The lowest BCUT2D eigenvalue weighted by Crippen LogP contribution is -2.45. The van der Waals surface area contributed by atoms with Crippen molar-refractivity contribution in [1.29, 1.82) is 0 Å². The molecule has 2 aliphatic heterocycles. The molecule has 0 spiro atoms. The Hall–Kier alpha value is -3.59. The molecule has 9 nitrogen and oxygen atoms in total. The van der Waals surface area contributed by atoms with Crippen molar-refractivity contribution in [2.24, 2.45) is 5.92 Å². The standard InChI is InChI=1S/C35H48N4O5/c1-6-7-16-39-24-30(28-10-15-36-22-29(28)33(39)40)26-8-9-31(32(21-26)42-5)43-27-13-17-37(18-14-27)23-25-11-19-38(20-12-25)34(41)44-35(2,3)4/h8-10,15,21-22,24-25,27H,6-7,11-14,16-20,23H2,1-5H3. The minimum absolute atomic E-state index is 0.00480. The van der Waals surface area contributed by atoms with Crippen molar-refractivity contribution in [3.8, 4) is 22.6 Å². The lowest BCUT2D eigenvalue weighted by molar-refractivity contribution is 0.0156. The van der Waals surface area contributed by atoms with Crippen LogP contribution < -0.4 is 15.0 Å². The van der Waals surface area contributed by atoms with Crippen molar-refractivity contribution in [2.75, 3.05) is 39.8 Å². The number of likely N-dealkylation sites (tertiary alicyclic amines) is 2. The fraction of sp³-hybridized carbons (Fsp3) is 0.571. The zero-order valence-corrected chi connectivity index (χ0v) is 27.0. The number of hydrogen-bond acceptors (Lipinski definition) is 7. The van der Waals surface area contributed by atoms with Crippen molar-refractivity contribution in [2.45, 2.75) is 84.5 Å².